The summed E-state index contributed by atoms with van der Waals surface area (Å²) in [4.78, 5) is 0. The minimum atomic E-state index is 0.204. The third kappa shape index (κ3) is 4.07. The molecule has 1 rings (SSSR count). The molecule has 0 fully saturated rings. The van der Waals surface area contributed by atoms with E-state index in [-0.39, 0.29) is 5.41 Å². The van der Waals surface area contributed by atoms with Gasteiger partial charge in [0.15, 0.2) is 0 Å². The molecule has 1 atom stereocenters. The standard InChI is InChI=1S/C14H19Br3/c1-3-11(2)8-14(9-15,10-16)12-4-6-13(17)7-5-12/h4-7,11H,3,8-10H2,1-2H3. The number of rotatable bonds is 6. The van der Waals surface area contributed by atoms with Crippen LogP contribution in [-0.4, -0.2) is 10.7 Å². The summed E-state index contributed by atoms with van der Waals surface area (Å²) < 4.78 is 1.14. The fourth-order valence-electron chi connectivity index (χ4n) is 2.03. The fourth-order valence-corrected chi connectivity index (χ4v) is 4.33. The molecule has 0 spiro atoms. The topological polar surface area (TPSA) is 0 Å². The van der Waals surface area contributed by atoms with Crippen LogP contribution in [0.25, 0.3) is 0 Å². The molecular weight excluding hydrogens is 408 g/mol. The summed E-state index contributed by atoms with van der Waals surface area (Å²) in [5.74, 6) is 0.744. The van der Waals surface area contributed by atoms with Gasteiger partial charge in [-0.15, -0.1) is 0 Å². The van der Waals surface area contributed by atoms with Crippen LogP contribution in [0.5, 0.6) is 0 Å². The summed E-state index contributed by atoms with van der Waals surface area (Å²) in [6, 6.07) is 8.72. The third-order valence-corrected chi connectivity index (χ3v) is 6.08. The average molecular weight is 427 g/mol. The summed E-state index contributed by atoms with van der Waals surface area (Å²) in [6.07, 6.45) is 2.44. The van der Waals surface area contributed by atoms with Crippen molar-refractivity contribution in [3.05, 3.63) is 34.3 Å². The maximum absolute atomic E-state index is 3.70. The Morgan fingerprint density at radius 2 is 1.65 bits per heavy atom. The molecule has 0 nitrogen and oxygen atoms in total. The van der Waals surface area contributed by atoms with Crippen molar-refractivity contribution >= 4 is 47.8 Å². The van der Waals surface area contributed by atoms with Gasteiger partial charge in [-0.1, -0.05) is 80.2 Å². The van der Waals surface area contributed by atoms with Gasteiger partial charge in [-0.2, -0.15) is 0 Å². The average Bonchev–Trinajstić information content (AvgIpc) is 2.37. The lowest BCUT2D eigenvalue weighted by Gasteiger charge is -2.33. The van der Waals surface area contributed by atoms with Crippen molar-refractivity contribution in [2.45, 2.75) is 32.1 Å². The van der Waals surface area contributed by atoms with Gasteiger partial charge in [-0.05, 0) is 30.0 Å². The molecule has 0 saturated heterocycles. The summed E-state index contributed by atoms with van der Waals surface area (Å²) in [5.41, 5.74) is 1.62. The second kappa shape index (κ2) is 7.30. The van der Waals surface area contributed by atoms with E-state index in [4.69, 9.17) is 0 Å². The van der Waals surface area contributed by atoms with E-state index in [1.165, 1.54) is 18.4 Å². The molecule has 96 valence electrons. The first-order valence-corrected chi connectivity index (χ1v) is 8.99. The summed E-state index contributed by atoms with van der Waals surface area (Å²) >= 11 is 10.9. The number of halogens is 3. The number of benzene rings is 1. The van der Waals surface area contributed by atoms with E-state index in [0.717, 1.165) is 21.1 Å². The molecule has 0 amide bonds. The fraction of sp³-hybridized carbons (Fsp3) is 0.571. The van der Waals surface area contributed by atoms with Crippen LogP contribution in [0, 0.1) is 5.92 Å². The predicted octanol–water partition coefficient (Wildman–Crippen LogP) is 5.91. The van der Waals surface area contributed by atoms with Crippen molar-refractivity contribution in [2.75, 3.05) is 10.7 Å². The van der Waals surface area contributed by atoms with E-state index in [0.29, 0.717) is 0 Å². The van der Waals surface area contributed by atoms with Crippen LogP contribution >= 0.6 is 47.8 Å². The Morgan fingerprint density at radius 1 is 1.12 bits per heavy atom. The number of alkyl halides is 2. The largest absolute Gasteiger partial charge is 0.0918 e. The zero-order chi connectivity index (χ0) is 12.9. The minimum absolute atomic E-state index is 0.204. The van der Waals surface area contributed by atoms with E-state index >= 15 is 0 Å². The first-order valence-electron chi connectivity index (χ1n) is 5.96. The first-order chi connectivity index (χ1) is 8.07. The van der Waals surface area contributed by atoms with Crippen LogP contribution in [-0.2, 0) is 5.41 Å². The number of hydrogen-bond donors (Lipinski definition) is 0. The summed E-state index contributed by atoms with van der Waals surface area (Å²) in [7, 11) is 0. The van der Waals surface area contributed by atoms with Crippen LogP contribution < -0.4 is 0 Å². The molecule has 1 aromatic carbocycles. The maximum atomic E-state index is 3.70. The highest BCUT2D eigenvalue weighted by molar-refractivity contribution is 9.10. The Bertz CT molecular complexity index is 328. The van der Waals surface area contributed by atoms with Gasteiger partial charge < -0.3 is 0 Å². The van der Waals surface area contributed by atoms with Crippen molar-refractivity contribution in [3.8, 4) is 0 Å². The Balaban J connectivity index is 3.01. The van der Waals surface area contributed by atoms with Gasteiger partial charge in [0.25, 0.3) is 0 Å². The van der Waals surface area contributed by atoms with Gasteiger partial charge in [-0.25, -0.2) is 0 Å². The zero-order valence-electron chi connectivity index (χ0n) is 10.3. The molecule has 1 aromatic rings. The van der Waals surface area contributed by atoms with E-state index in [1.54, 1.807) is 0 Å². The molecule has 0 saturated carbocycles. The van der Waals surface area contributed by atoms with E-state index < -0.39 is 0 Å². The van der Waals surface area contributed by atoms with Crippen LogP contribution in [0.15, 0.2) is 28.7 Å². The van der Waals surface area contributed by atoms with Crippen molar-refractivity contribution in [3.63, 3.8) is 0 Å². The third-order valence-electron chi connectivity index (χ3n) is 3.40. The van der Waals surface area contributed by atoms with Crippen LogP contribution in [0.4, 0.5) is 0 Å². The molecule has 0 N–H and O–H groups in total. The molecule has 1 unspecified atom stereocenters. The summed E-state index contributed by atoms with van der Waals surface area (Å²) in [6.45, 7) is 4.60. The molecular formula is C14H19Br3. The lowest BCUT2D eigenvalue weighted by molar-refractivity contribution is 0.387. The Kier molecular flexibility index (Phi) is 6.75. The molecule has 0 aliphatic heterocycles. The SMILES string of the molecule is CCC(C)CC(CBr)(CBr)c1ccc(Br)cc1. The van der Waals surface area contributed by atoms with Gasteiger partial charge in [-0.3, -0.25) is 0 Å². The van der Waals surface area contributed by atoms with Crippen LogP contribution in [0.1, 0.15) is 32.3 Å². The van der Waals surface area contributed by atoms with Crippen molar-refractivity contribution in [2.24, 2.45) is 5.92 Å². The predicted molar refractivity (Wildman–Crippen MR) is 87.5 cm³/mol. The molecule has 0 heterocycles. The highest BCUT2D eigenvalue weighted by Crippen LogP contribution is 2.36. The first kappa shape index (κ1) is 15.7. The normalized spacial score (nSPS) is 13.7. The summed E-state index contributed by atoms with van der Waals surface area (Å²) in [5, 5.41) is 1.99. The van der Waals surface area contributed by atoms with Gasteiger partial charge >= 0.3 is 0 Å². The van der Waals surface area contributed by atoms with Gasteiger partial charge in [0, 0.05) is 20.5 Å². The lowest BCUT2D eigenvalue weighted by atomic mass is 9.77. The minimum Gasteiger partial charge on any atom is -0.0918 e. The molecule has 0 aromatic heterocycles. The van der Waals surface area contributed by atoms with Gasteiger partial charge in [0.1, 0.15) is 0 Å². The second-order valence-electron chi connectivity index (χ2n) is 4.77. The molecule has 0 bridgehead atoms. The Morgan fingerprint density at radius 3 is 2.06 bits per heavy atom. The zero-order valence-corrected chi connectivity index (χ0v) is 15.1. The Labute approximate surface area is 130 Å². The van der Waals surface area contributed by atoms with E-state index in [9.17, 15) is 0 Å². The van der Waals surface area contributed by atoms with Crippen molar-refractivity contribution < 1.29 is 0 Å². The molecule has 3 heteroatoms. The smallest absolute Gasteiger partial charge is 0.0175 e. The molecule has 17 heavy (non-hydrogen) atoms. The van der Waals surface area contributed by atoms with Crippen LogP contribution in [0.2, 0.25) is 0 Å². The Hall–Kier alpha value is 0.660. The van der Waals surface area contributed by atoms with Crippen molar-refractivity contribution in [1.29, 1.82) is 0 Å². The highest BCUT2D eigenvalue weighted by atomic mass is 79.9. The number of hydrogen-bond acceptors (Lipinski definition) is 0. The van der Waals surface area contributed by atoms with Crippen LogP contribution in [0.3, 0.4) is 0 Å². The lowest BCUT2D eigenvalue weighted by Crippen LogP contribution is -2.32. The second-order valence-corrected chi connectivity index (χ2v) is 6.81. The van der Waals surface area contributed by atoms with E-state index in [2.05, 4.69) is 85.9 Å². The van der Waals surface area contributed by atoms with Gasteiger partial charge in [0.05, 0.1) is 0 Å². The maximum Gasteiger partial charge on any atom is 0.0175 e. The van der Waals surface area contributed by atoms with Gasteiger partial charge in [0.2, 0.25) is 0 Å². The highest BCUT2D eigenvalue weighted by Gasteiger charge is 2.31. The molecule has 0 radical (unpaired) electrons. The molecule has 0 aliphatic carbocycles. The quantitative estimate of drug-likeness (QED) is 0.496. The molecule has 0 aliphatic rings. The van der Waals surface area contributed by atoms with E-state index in [1.807, 2.05) is 0 Å². The van der Waals surface area contributed by atoms with Crippen molar-refractivity contribution in [1.82, 2.24) is 0 Å². The monoisotopic (exact) mass is 424 g/mol.